The third-order valence-corrected chi connectivity index (χ3v) is 3.24. The number of benzene rings is 1. The first-order valence-corrected chi connectivity index (χ1v) is 7.48. The van der Waals surface area contributed by atoms with Crippen molar-refractivity contribution in [3.05, 3.63) is 35.7 Å². The quantitative estimate of drug-likeness (QED) is 0.872. The van der Waals surface area contributed by atoms with E-state index < -0.39 is 0 Å². The van der Waals surface area contributed by atoms with Gasteiger partial charge in [-0.2, -0.15) is 0 Å². The van der Waals surface area contributed by atoms with Gasteiger partial charge in [-0.15, -0.1) is 0 Å². The molecule has 21 heavy (non-hydrogen) atoms. The number of aryl methyl sites for hydroxylation is 1. The molecule has 1 aromatic heterocycles. The normalized spacial score (nSPS) is 10.5. The maximum Gasteiger partial charge on any atom is 0.133 e. The van der Waals surface area contributed by atoms with Crippen LogP contribution in [0, 0.1) is 13.8 Å². The van der Waals surface area contributed by atoms with Crippen molar-refractivity contribution in [1.82, 2.24) is 9.97 Å². The second-order valence-electron chi connectivity index (χ2n) is 4.98. The van der Waals surface area contributed by atoms with Crippen molar-refractivity contribution in [2.45, 2.75) is 34.1 Å². The standard InChI is InChI=1S/C17H23N3O/c1-5-11-18-17-12(3)16(19-13(4)20-17)14-7-9-15(10-8-14)21-6-2/h7-10H,5-6,11H2,1-4H3,(H,18,19,20). The summed E-state index contributed by atoms with van der Waals surface area (Å²) in [7, 11) is 0. The average Bonchev–Trinajstić information content (AvgIpc) is 2.49. The summed E-state index contributed by atoms with van der Waals surface area (Å²) in [4.78, 5) is 9.09. The highest BCUT2D eigenvalue weighted by molar-refractivity contribution is 5.68. The minimum absolute atomic E-state index is 0.677. The van der Waals surface area contributed by atoms with Crippen LogP contribution in [0.25, 0.3) is 11.3 Å². The number of ether oxygens (including phenoxy) is 1. The molecule has 112 valence electrons. The summed E-state index contributed by atoms with van der Waals surface area (Å²) in [6, 6.07) is 8.05. The first-order chi connectivity index (χ1) is 10.2. The van der Waals surface area contributed by atoms with Gasteiger partial charge in [0.25, 0.3) is 0 Å². The lowest BCUT2D eigenvalue weighted by Crippen LogP contribution is -2.07. The Morgan fingerprint density at radius 2 is 1.76 bits per heavy atom. The lowest BCUT2D eigenvalue weighted by atomic mass is 10.1. The lowest BCUT2D eigenvalue weighted by molar-refractivity contribution is 0.340. The van der Waals surface area contributed by atoms with Crippen LogP contribution in [0.5, 0.6) is 5.75 Å². The van der Waals surface area contributed by atoms with Crippen molar-refractivity contribution in [1.29, 1.82) is 0 Å². The van der Waals surface area contributed by atoms with Crippen molar-refractivity contribution in [3.63, 3.8) is 0 Å². The van der Waals surface area contributed by atoms with E-state index in [-0.39, 0.29) is 0 Å². The van der Waals surface area contributed by atoms with E-state index in [9.17, 15) is 0 Å². The Morgan fingerprint density at radius 3 is 2.38 bits per heavy atom. The maximum absolute atomic E-state index is 5.48. The molecule has 0 spiro atoms. The van der Waals surface area contributed by atoms with Crippen molar-refractivity contribution in [2.75, 3.05) is 18.5 Å². The van der Waals surface area contributed by atoms with Gasteiger partial charge >= 0.3 is 0 Å². The first-order valence-electron chi connectivity index (χ1n) is 7.48. The topological polar surface area (TPSA) is 47.0 Å². The molecular formula is C17H23N3O. The average molecular weight is 285 g/mol. The van der Waals surface area contributed by atoms with Crippen molar-refractivity contribution in [3.8, 4) is 17.0 Å². The molecule has 0 atom stereocenters. The second kappa shape index (κ2) is 7.07. The summed E-state index contributed by atoms with van der Waals surface area (Å²) in [5.41, 5.74) is 3.14. The fraction of sp³-hybridized carbons (Fsp3) is 0.412. The first kappa shape index (κ1) is 15.3. The van der Waals surface area contributed by atoms with Crippen LogP contribution in [0.4, 0.5) is 5.82 Å². The van der Waals surface area contributed by atoms with Crippen molar-refractivity contribution < 1.29 is 4.74 Å². The van der Waals surface area contributed by atoms with Gasteiger partial charge in [0.1, 0.15) is 17.4 Å². The Hall–Kier alpha value is -2.10. The van der Waals surface area contributed by atoms with Gasteiger partial charge in [0.2, 0.25) is 0 Å². The predicted octanol–water partition coefficient (Wildman–Crippen LogP) is 3.98. The second-order valence-corrected chi connectivity index (χ2v) is 4.98. The summed E-state index contributed by atoms with van der Waals surface area (Å²) in [6.07, 6.45) is 1.07. The maximum atomic E-state index is 5.48. The van der Waals surface area contributed by atoms with Crippen LogP contribution in [0.1, 0.15) is 31.7 Å². The molecule has 4 heteroatoms. The minimum Gasteiger partial charge on any atom is -0.494 e. The summed E-state index contributed by atoms with van der Waals surface area (Å²) in [5.74, 6) is 2.59. The van der Waals surface area contributed by atoms with E-state index in [2.05, 4.69) is 29.1 Å². The Bertz CT molecular complexity index is 594. The fourth-order valence-corrected chi connectivity index (χ4v) is 2.20. The molecule has 4 nitrogen and oxygen atoms in total. The number of rotatable bonds is 6. The number of hydrogen-bond acceptors (Lipinski definition) is 4. The van der Waals surface area contributed by atoms with Gasteiger partial charge in [-0.25, -0.2) is 9.97 Å². The van der Waals surface area contributed by atoms with E-state index in [0.29, 0.717) is 6.61 Å². The predicted molar refractivity (Wildman–Crippen MR) is 86.9 cm³/mol. The molecule has 1 N–H and O–H groups in total. The zero-order valence-electron chi connectivity index (χ0n) is 13.2. The number of hydrogen-bond donors (Lipinski definition) is 1. The van der Waals surface area contributed by atoms with E-state index in [0.717, 1.165) is 47.2 Å². The Kier molecular flexibility index (Phi) is 5.14. The molecule has 0 fully saturated rings. The molecule has 1 aromatic carbocycles. The van der Waals surface area contributed by atoms with Gasteiger partial charge in [-0.3, -0.25) is 0 Å². The summed E-state index contributed by atoms with van der Waals surface area (Å²) in [5, 5.41) is 3.37. The highest BCUT2D eigenvalue weighted by atomic mass is 16.5. The molecule has 1 heterocycles. The van der Waals surface area contributed by atoms with Crippen molar-refractivity contribution >= 4 is 5.82 Å². The van der Waals surface area contributed by atoms with E-state index >= 15 is 0 Å². The molecule has 0 radical (unpaired) electrons. The number of aromatic nitrogens is 2. The SMILES string of the molecule is CCCNc1nc(C)nc(-c2ccc(OCC)cc2)c1C. The molecule has 0 aliphatic heterocycles. The van der Waals surface area contributed by atoms with Crippen LogP contribution in [-0.4, -0.2) is 23.1 Å². The summed E-state index contributed by atoms with van der Waals surface area (Å²) >= 11 is 0. The smallest absolute Gasteiger partial charge is 0.133 e. The zero-order valence-corrected chi connectivity index (χ0v) is 13.2. The van der Waals surface area contributed by atoms with E-state index in [1.54, 1.807) is 0 Å². The fourth-order valence-electron chi connectivity index (χ4n) is 2.20. The minimum atomic E-state index is 0.677. The van der Waals surface area contributed by atoms with Gasteiger partial charge < -0.3 is 10.1 Å². The van der Waals surface area contributed by atoms with Gasteiger partial charge in [0.15, 0.2) is 0 Å². The van der Waals surface area contributed by atoms with Crippen LogP contribution in [0.3, 0.4) is 0 Å². The van der Waals surface area contributed by atoms with Gasteiger partial charge in [0, 0.05) is 17.7 Å². The van der Waals surface area contributed by atoms with Crippen LogP contribution in [0.15, 0.2) is 24.3 Å². The highest BCUT2D eigenvalue weighted by Gasteiger charge is 2.10. The number of anilines is 1. The van der Waals surface area contributed by atoms with Crippen LogP contribution in [0.2, 0.25) is 0 Å². The van der Waals surface area contributed by atoms with E-state index in [1.165, 1.54) is 0 Å². The molecule has 2 rings (SSSR count). The summed E-state index contributed by atoms with van der Waals surface area (Å²) in [6.45, 7) is 9.70. The van der Waals surface area contributed by atoms with Gasteiger partial charge in [0.05, 0.1) is 12.3 Å². The van der Waals surface area contributed by atoms with E-state index in [4.69, 9.17) is 4.74 Å². The molecule has 0 bridgehead atoms. The molecule has 0 saturated heterocycles. The third kappa shape index (κ3) is 3.72. The molecular weight excluding hydrogens is 262 g/mol. The molecule has 0 saturated carbocycles. The zero-order chi connectivity index (χ0) is 15.2. The van der Waals surface area contributed by atoms with Crippen molar-refractivity contribution in [2.24, 2.45) is 0 Å². The van der Waals surface area contributed by atoms with Gasteiger partial charge in [-0.1, -0.05) is 6.92 Å². The highest BCUT2D eigenvalue weighted by Crippen LogP contribution is 2.27. The number of nitrogens with one attached hydrogen (secondary N) is 1. The van der Waals surface area contributed by atoms with Crippen LogP contribution < -0.4 is 10.1 Å². The molecule has 0 aliphatic carbocycles. The molecule has 0 aliphatic rings. The van der Waals surface area contributed by atoms with Crippen LogP contribution in [-0.2, 0) is 0 Å². The monoisotopic (exact) mass is 285 g/mol. The molecule has 0 amide bonds. The third-order valence-electron chi connectivity index (χ3n) is 3.24. The Morgan fingerprint density at radius 1 is 1.05 bits per heavy atom. The Balaban J connectivity index is 2.36. The largest absolute Gasteiger partial charge is 0.494 e. The Labute approximate surface area is 126 Å². The van der Waals surface area contributed by atoms with E-state index in [1.807, 2.05) is 38.1 Å². The molecule has 2 aromatic rings. The van der Waals surface area contributed by atoms with Crippen LogP contribution >= 0.6 is 0 Å². The van der Waals surface area contributed by atoms with Gasteiger partial charge in [-0.05, 0) is 51.5 Å². The number of nitrogens with zero attached hydrogens (tertiary/aromatic N) is 2. The molecule has 0 unspecified atom stereocenters. The summed E-state index contributed by atoms with van der Waals surface area (Å²) < 4.78 is 5.48. The lowest BCUT2D eigenvalue weighted by Gasteiger charge is -2.13.